The van der Waals surface area contributed by atoms with Crippen LogP contribution in [0.15, 0.2) is 54.6 Å². The molecule has 0 aliphatic carbocycles. The lowest BCUT2D eigenvalue weighted by Crippen LogP contribution is -2.14. The Bertz CT molecular complexity index is 653. The van der Waals surface area contributed by atoms with Gasteiger partial charge in [0.1, 0.15) is 0 Å². The molecule has 0 aromatic heterocycles. The lowest BCUT2D eigenvalue weighted by molar-refractivity contribution is -0.116. The van der Waals surface area contributed by atoms with Crippen molar-refractivity contribution in [3.8, 4) is 0 Å². The Kier molecular flexibility index (Phi) is 5.31. The Balaban J connectivity index is 1.96. The Morgan fingerprint density at radius 2 is 1.59 bits per heavy atom. The average Bonchev–Trinajstić information content (AvgIpc) is 2.47. The molecule has 0 fully saturated rings. The van der Waals surface area contributed by atoms with Gasteiger partial charge in [-0.05, 0) is 29.7 Å². The van der Waals surface area contributed by atoms with Gasteiger partial charge >= 0.3 is 0 Å². The third-order valence-electron chi connectivity index (χ3n) is 3.33. The molecule has 0 radical (unpaired) electrons. The van der Waals surface area contributed by atoms with Gasteiger partial charge in [0.05, 0.1) is 0 Å². The molecule has 2 rings (SSSR count). The summed E-state index contributed by atoms with van der Waals surface area (Å²) < 4.78 is 0. The maximum absolute atomic E-state index is 12.1. The Morgan fingerprint density at radius 3 is 2.23 bits per heavy atom. The van der Waals surface area contributed by atoms with Crippen LogP contribution in [-0.4, -0.2) is 11.8 Å². The maximum atomic E-state index is 12.1. The van der Waals surface area contributed by atoms with E-state index in [1.54, 1.807) is 24.3 Å². The van der Waals surface area contributed by atoms with Crippen molar-refractivity contribution in [2.45, 2.75) is 26.2 Å². The summed E-state index contributed by atoms with van der Waals surface area (Å²) in [7, 11) is 0. The normalized spacial score (nSPS) is 11.5. The quantitative estimate of drug-likeness (QED) is 0.882. The second-order valence-electron chi connectivity index (χ2n) is 5.33. The predicted molar refractivity (Wildman–Crippen MR) is 88.8 cm³/mol. The summed E-state index contributed by atoms with van der Waals surface area (Å²) in [4.78, 5) is 23.2. The van der Waals surface area contributed by atoms with E-state index in [4.69, 9.17) is 0 Å². The van der Waals surface area contributed by atoms with Crippen molar-refractivity contribution >= 4 is 23.2 Å². The van der Waals surface area contributed by atoms with Crippen molar-refractivity contribution in [1.82, 2.24) is 0 Å². The first-order chi connectivity index (χ1) is 10.5. The molecule has 2 aromatic rings. The van der Waals surface area contributed by atoms with Crippen molar-refractivity contribution < 1.29 is 9.59 Å². The van der Waals surface area contributed by atoms with Crippen LogP contribution in [0.1, 0.15) is 31.7 Å². The van der Waals surface area contributed by atoms with Crippen LogP contribution in [0.3, 0.4) is 0 Å². The third-order valence-corrected chi connectivity index (χ3v) is 3.33. The van der Waals surface area contributed by atoms with Gasteiger partial charge in [-0.2, -0.15) is 0 Å². The van der Waals surface area contributed by atoms with Crippen LogP contribution >= 0.6 is 0 Å². The largest absolute Gasteiger partial charge is 0.326 e. The highest BCUT2D eigenvalue weighted by molar-refractivity contribution is 5.93. The van der Waals surface area contributed by atoms with Crippen molar-refractivity contribution in [1.29, 1.82) is 0 Å². The number of carbonyl (C=O) groups is 2. The minimum atomic E-state index is -0.138. The van der Waals surface area contributed by atoms with E-state index in [1.165, 1.54) is 6.92 Å². The second kappa shape index (κ2) is 7.41. The first-order valence-electron chi connectivity index (χ1n) is 7.27. The Hall–Kier alpha value is -2.62. The molecule has 2 N–H and O–H groups in total. The molecule has 0 saturated carbocycles. The van der Waals surface area contributed by atoms with Gasteiger partial charge in [-0.25, -0.2) is 0 Å². The first kappa shape index (κ1) is 15.8. The van der Waals surface area contributed by atoms with E-state index in [0.29, 0.717) is 17.8 Å². The topological polar surface area (TPSA) is 58.2 Å². The van der Waals surface area contributed by atoms with Crippen molar-refractivity contribution in [2.75, 3.05) is 10.6 Å². The molecule has 0 aliphatic heterocycles. The number of hydrogen-bond donors (Lipinski definition) is 2. The smallest absolute Gasteiger partial charge is 0.224 e. The number of nitrogens with one attached hydrogen (secondary N) is 2. The van der Waals surface area contributed by atoms with E-state index in [-0.39, 0.29) is 17.7 Å². The molecule has 0 heterocycles. The van der Waals surface area contributed by atoms with Crippen LogP contribution in [-0.2, 0) is 9.59 Å². The van der Waals surface area contributed by atoms with Crippen LogP contribution in [0.4, 0.5) is 11.4 Å². The number of benzene rings is 2. The fourth-order valence-corrected chi connectivity index (χ4v) is 2.27. The highest BCUT2D eigenvalue weighted by Gasteiger charge is 2.11. The zero-order valence-corrected chi connectivity index (χ0v) is 12.8. The van der Waals surface area contributed by atoms with Crippen LogP contribution in [0.2, 0.25) is 0 Å². The summed E-state index contributed by atoms with van der Waals surface area (Å²) >= 11 is 0. The standard InChI is InChI=1S/C18H20N2O2/c1-13(15-7-4-3-5-8-15)11-18(22)20-17-10-6-9-16(12-17)19-14(2)21/h3-10,12-13H,11H2,1-2H3,(H,19,21)(H,20,22). The zero-order valence-electron chi connectivity index (χ0n) is 12.8. The summed E-state index contributed by atoms with van der Waals surface area (Å²) in [5, 5.41) is 5.56. The number of hydrogen-bond acceptors (Lipinski definition) is 2. The van der Waals surface area contributed by atoms with Crippen LogP contribution in [0.5, 0.6) is 0 Å². The number of anilines is 2. The molecule has 0 saturated heterocycles. The summed E-state index contributed by atoms with van der Waals surface area (Å²) in [6.45, 7) is 3.48. The monoisotopic (exact) mass is 296 g/mol. The molecular weight excluding hydrogens is 276 g/mol. The lowest BCUT2D eigenvalue weighted by atomic mass is 9.97. The molecule has 0 bridgehead atoms. The van der Waals surface area contributed by atoms with E-state index in [9.17, 15) is 9.59 Å². The van der Waals surface area contributed by atoms with Gasteiger partial charge in [-0.3, -0.25) is 9.59 Å². The summed E-state index contributed by atoms with van der Waals surface area (Å²) in [6.07, 6.45) is 0.411. The fourth-order valence-electron chi connectivity index (χ4n) is 2.27. The molecule has 22 heavy (non-hydrogen) atoms. The van der Waals surface area contributed by atoms with E-state index in [0.717, 1.165) is 5.56 Å². The van der Waals surface area contributed by atoms with Gasteiger partial charge in [0.25, 0.3) is 0 Å². The van der Waals surface area contributed by atoms with Gasteiger partial charge in [-0.1, -0.05) is 43.3 Å². The highest BCUT2D eigenvalue weighted by Crippen LogP contribution is 2.20. The van der Waals surface area contributed by atoms with E-state index >= 15 is 0 Å². The van der Waals surface area contributed by atoms with Crippen LogP contribution in [0, 0.1) is 0 Å². The summed E-state index contributed by atoms with van der Waals surface area (Å²) in [6, 6.07) is 17.1. The second-order valence-corrected chi connectivity index (χ2v) is 5.33. The minimum absolute atomic E-state index is 0.0451. The third kappa shape index (κ3) is 4.74. The predicted octanol–water partition coefficient (Wildman–Crippen LogP) is 3.78. The molecule has 1 atom stereocenters. The molecule has 4 heteroatoms. The zero-order chi connectivity index (χ0) is 15.9. The molecule has 2 aromatic carbocycles. The molecular formula is C18H20N2O2. The fraction of sp³-hybridized carbons (Fsp3) is 0.222. The summed E-state index contributed by atoms with van der Waals surface area (Å²) in [5.74, 6) is -0.0303. The van der Waals surface area contributed by atoms with E-state index < -0.39 is 0 Å². The van der Waals surface area contributed by atoms with Crippen molar-refractivity contribution in [3.63, 3.8) is 0 Å². The van der Waals surface area contributed by atoms with Crippen LogP contribution < -0.4 is 10.6 Å². The highest BCUT2D eigenvalue weighted by atomic mass is 16.2. The average molecular weight is 296 g/mol. The molecule has 2 amide bonds. The van der Waals surface area contributed by atoms with Gasteiger partial charge in [-0.15, -0.1) is 0 Å². The van der Waals surface area contributed by atoms with Crippen molar-refractivity contribution in [2.24, 2.45) is 0 Å². The van der Waals surface area contributed by atoms with E-state index in [1.807, 2.05) is 37.3 Å². The number of carbonyl (C=O) groups excluding carboxylic acids is 2. The Morgan fingerprint density at radius 1 is 0.955 bits per heavy atom. The van der Waals surface area contributed by atoms with Gasteiger partial charge in [0, 0.05) is 24.7 Å². The number of rotatable bonds is 5. The molecule has 114 valence electrons. The Labute approximate surface area is 130 Å². The SMILES string of the molecule is CC(=O)Nc1cccc(NC(=O)CC(C)c2ccccc2)c1. The molecule has 4 nitrogen and oxygen atoms in total. The first-order valence-corrected chi connectivity index (χ1v) is 7.27. The number of amides is 2. The van der Waals surface area contributed by atoms with Gasteiger partial charge in [0.15, 0.2) is 0 Å². The van der Waals surface area contributed by atoms with Crippen molar-refractivity contribution in [3.05, 3.63) is 60.2 Å². The van der Waals surface area contributed by atoms with Crippen LogP contribution in [0.25, 0.3) is 0 Å². The van der Waals surface area contributed by atoms with E-state index in [2.05, 4.69) is 10.6 Å². The molecule has 1 unspecified atom stereocenters. The lowest BCUT2D eigenvalue weighted by Gasteiger charge is -2.12. The minimum Gasteiger partial charge on any atom is -0.326 e. The molecule has 0 spiro atoms. The summed E-state index contributed by atoms with van der Waals surface area (Å²) in [5.41, 5.74) is 2.49. The maximum Gasteiger partial charge on any atom is 0.224 e. The van der Waals surface area contributed by atoms with Gasteiger partial charge < -0.3 is 10.6 Å². The van der Waals surface area contributed by atoms with Gasteiger partial charge in [0.2, 0.25) is 11.8 Å². The molecule has 0 aliphatic rings.